The summed E-state index contributed by atoms with van der Waals surface area (Å²) < 4.78 is 39.1. The van der Waals surface area contributed by atoms with Crippen LogP contribution in [-0.4, -0.2) is 50.2 Å². The third-order valence-corrected chi connectivity index (χ3v) is 4.95. The first-order chi connectivity index (χ1) is 9.73. The Kier molecular flexibility index (Phi) is 5.68. The van der Waals surface area contributed by atoms with E-state index < -0.39 is 20.7 Å². The van der Waals surface area contributed by atoms with Crippen molar-refractivity contribution in [3.05, 3.63) is 24.0 Å². The van der Waals surface area contributed by atoms with Crippen molar-refractivity contribution in [3.63, 3.8) is 0 Å². The number of likely N-dealkylation sites (N-methyl/N-ethyl adjacent to an activating group) is 2. The molecule has 118 valence electrons. The number of nitrogen functional groups attached to an aromatic ring is 1. The number of rotatable bonds is 6. The summed E-state index contributed by atoms with van der Waals surface area (Å²) in [5.74, 6) is -1.26. The van der Waals surface area contributed by atoms with Crippen molar-refractivity contribution in [1.82, 2.24) is 9.21 Å². The van der Waals surface area contributed by atoms with Crippen LogP contribution in [0.4, 0.5) is 10.1 Å². The Morgan fingerprint density at radius 3 is 2.33 bits per heavy atom. The molecule has 1 aromatic carbocycles. The number of sulfonamides is 1. The Morgan fingerprint density at radius 2 is 1.86 bits per heavy atom. The van der Waals surface area contributed by atoms with Crippen molar-refractivity contribution in [2.45, 2.75) is 18.7 Å². The fourth-order valence-corrected chi connectivity index (χ4v) is 3.01. The van der Waals surface area contributed by atoms with Crippen molar-refractivity contribution >= 4 is 21.6 Å². The van der Waals surface area contributed by atoms with Gasteiger partial charge in [-0.15, -0.1) is 0 Å². The van der Waals surface area contributed by atoms with Crippen molar-refractivity contribution < 1.29 is 17.6 Å². The summed E-state index contributed by atoms with van der Waals surface area (Å²) in [5, 5.41) is 0. The van der Waals surface area contributed by atoms with E-state index in [1.54, 1.807) is 13.8 Å². The average Bonchev–Trinajstić information content (AvgIpc) is 2.39. The molecule has 0 aromatic heterocycles. The number of carbonyl (C=O) groups excluding carboxylic acids is 1. The molecule has 0 fully saturated rings. The number of amides is 1. The lowest BCUT2D eigenvalue weighted by molar-refractivity contribution is -0.130. The maximum Gasteiger partial charge on any atom is 0.246 e. The molecule has 8 heteroatoms. The zero-order chi connectivity index (χ0) is 16.2. The first-order valence-corrected chi connectivity index (χ1v) is 7.97. The van der Waals surface area contributed by atoms with Crippen LogP contribution in [0.2, 0.25) is 0 Å². The SMILES string of the molecule is CCN(CC)C(=O)CN(C)S(=O)(=O)c1ccc(N)cc1F. The first-order valence-electron chi connectivity index (χ1n) is 6.53. The number of halogens is 1. The summed E-state index contributed by atoms with van der Waals surface area (Å²) in [6.45, 7) is 4.23. The van der Waals surface area contributed by atoms with E-state index in [4.69, 9.17) is 5.73 Å². The van der Waals surface area contributed by atoms with Gasteiger partial charge in [-0.25, -0.2) is 12.8 Å². The lowest BCUT2D eigenvalue weighted by Crippen LogP contribution is -2.41. The highest BCUT2D eigenvalue weighted by molar-refractivity contribution is 7.89. The topological polar surface area (TPSA) is 83.7 Å². The lowest BCUT2D eigenvalue weighted by atomic mass is 10.3. The van der Waals surface area contributed by atoms with Crippen LogP contribution in [0.3, 0.4) is 0 Å². The molecule has 0 unspecified atom stereocenters. The van der Waals surface area contributed by atoms with Gasteiger partial charge >= 0.3 is 0 Å². The summed E-state index contributed by atoms with van der Waals surface area (Å²) in [4.78, 5) is 13.0. The average molecular weight is 317 g/mol. The second-order valence-corrected chi connectivity index (χ2v) is 6.53. The van der Waals surface area contributed by atoms with Crippen LogP contribution < -0.4 is 5.73 Å². The highest BCUT2D eigenvalue weighted by Gasteiger charge is 2.27. The van der Waals surface area contributed by atoms with E-state index in [-0.39, 0.29) is 18.1 Å². The van der Waals surface area contributed by atoms with Gasteiger partial charge < -0.3 is 10.6 Å². The van der Waals surface area contributed by atoms with Crippen molar-refractivity contribution in [1.29, 1.82) is 0 Å². The standard InChI is InChI=1S/C13H20FN3O3S/c1-4-17(5-2)13(18)9-16(3)21(19,20)12-7-6-10(15)8-11(12)14/h6-8H,4-5,9,15H2,1-3H3. The molecule has 1 rings (SSSR count). The predicted molar refractivity (Wildman–Crippen MR) is 78.6 cm³/mol. The van der Waals surface area contributed by atoms with Crippen molar-refractivity contribution in [2.75, 3.05) is 32.4 Å². The number of hydrogen-bond donors (Lipinski definition) is 1. The molecule has 0 aliphatic carbocycles. The third kappa shape index (κ3) is 3.92. The van der Waals surface area contributed by atoms with Crippen LogP contribution in [0.1, 0.15) is 13.8 Å². The Labute approximate surface area is 124 Å². The monoisotopic (exact) mass is 317 g/mol. The molecule has 0 aliphatic rings. The van der Waals surface area contributed by atoms with Crippen LogP contribution in [0, 0.1) is 5.82 Å². The Hall–Kier alpha value is -1.67. The van der Waals surface area contributed by atoms with Gasteiger partial charge in [0, 0.05) is 25.8 Å². The van der Waals surface area contributed by atoms with E-state index in [1.807, 2.05) is 0 Å². The molecule has 0 heterocycles. The molecule has 0 atom stereocenters. The molecule has 1 amide bonds. The first kappa shape index (κ1) is 17.4. The van der Waals surface area contributed by atoms with Gasteiger partial charge in [0.15, 0.2) is 0 Å². The highest BCUT2D eigenvalue weighted by Crippen LogP contribution is 2.20. The predicted octanol–water partition coefficient (Wildman–Crippen LogP) is 0.897. The van der Waals surface area contributed by atoms with Crippen LogP contribution in [0.15, 0.2) is 23.1 Å². The van der Waals surface area contributed by atoms with Crippen LogP contribution in [-0.2, 0) is 14.8 Å². The van der Waals surface area contributed by atoms with Gasteiger partial charge in [0.25, 0.3) is 0 Å². The normalized spacial score (nSPS) is 11.7. The van der Waals surface area contributed by atoms with Crippen LogP contribution in [0.5, 0.6) is 0 Å². The number of anilines is 1. The highest BCUT2D eigenvalue weighted by atomic mass is 32.2. The van der Waals surface area contributed by atoms with Gasteiger partial charge in [0.1, 0.15) is 10.7 Å². The number of hydrogen-bond acceptors (Lipinski definition) is 4. The van der Waals surface area contributed by atoms with E-state index in [2.05, 4.69) is 0 Å². The molecule has 0 bridgehead atoms. The molecule has 2 N–H and O–H groups in total. The Morgan fingerprint density at radius 1 is 1.29 bits per heavy atom. The molecule has 21 heavy (non-hydrogen) atoms. The Bertz CT molecular complexity index is 615. The summed E-state index contributed by atoms with van der Waals surface area (Å²) in [5.41, 5.74) is 5.53. The molecule has 0 radical (unpaired) electrons. The van der Waals surface area contributed by atoms with Gasteiger partial charge in [-0.1, -0.05) is 0 Å². The maximum atomic E-state index is 13.8. The smallest absolute Gasteiger partial charge is 0.246 e. The molecule has 0 saturated carbocycles. The maximum absolute atomic E-state index is 13.8. The second-order valence-electron chi connectivity index (χ2n) is 4.52. The summed E-state index contributed by atoms with van der Waals surface area (Å²) in [6.07, 6.45) is 0. The molecule has 0 aliphatic heterocycles. The Balaban J connectivity index is 2.99. The fourth-order valence-electron chi connectivity index (χ4n) is 1.85. The fraction of sp³-hybridized carbons (Fsp3) is 0.462. The van der Waals surface area contributed by atoms with E-state index in [9.17, 15) is 17.6 Å². The zero-order valence-corrected chi connectivity index (χ0v) is 13.2. The summed E-state index contributed by atoms with van der Waals surface area (Å²) in [7, 11) is -2.83. The van der Waals surface area contributed by atoms with E-state index >= 15 is 0 Å². The molecule has 1 aromatic rings. The zero-order valence-electron chi connectivity index (χ0n) is 12.3. The van der Waals surface area contributed by atoms with Crippen molar-refractivity contribution in [3.8, 4) is 0 Å². The van der Waals surface area contributed by atoms with Gasteiger partial charge in [-0.05, 0) is 32.0 Å². The van der Waals surface area contributed by atoms with Crippen LogP contribution >= 0.6 is 0 Å². The number of benzene rings is 1. The van der Waals surface area contributed by atoms with Gasteiger partial charge in [0.2, 0.25) is 15.9 Å². The van der Waals surface area contributed by atoms with Gasteiger partial charge in [-0.3, -0.25) is 4.79 Å². The molecule has 0 spiro atoms. The summed E-state index contributed by atoms with van der Waals surface area (Å²) >= 11 is 0. The van der Waals surface area contributed by atoms with Gasteiger partial charge in [-0.2, -0.15) is 4.31 Å². The van der Waals surface area contributed by atoms with Gasteiger partial charge in [0.05, 0.1) is 6.54 Å². The van der Waals surface area contributed by atoms with E-state index in [0.29, 0.717) is 13.1 Å². The lowest BCUT2D eigenvalue weighted by Gasteiger charge is -2.23. The van der Waals surface area contributed by atoms with E-state index in [1.165, 1.54) is 18.0 Å². The number of nitrogens with two attached hydrogens (primary N) is 1. The second kappa shape index (κ2) is 6.86. The number of nitrogens with zero attached hydrogens (tertiary/aromatic N) is 2. The molecule has 0 saturated heterocycles. The summed E-state index contributed by atoms with van der Waals surface area (Å²) in [6, 6.07) is 3.33. The number of carbonyl (C=O) groups is 1. The molecule has 6 nitrogen and oxygen atoms in total. The molecular formula is C13H20FN3O3S. The minimum Gasteiger partial charge on any atom is -0.399 e. The minimum absolute atomic E-state index is 0.133. The quantitative estimate of drug-likeness (QED) is 0.790. The molecular weight excluding hydrogens is 297 g/mol. The largest absolute Gasteiger partial charge is 0.399 e. The van der Waals surface area contributed by atoms with E-state index in [0.717, 1.165) is 16.4 Å². The van der Waals surface area contributed by atoms with Crippen molar-refractivity contribution in [2.24, 2.45) is 0 Å². The third-order valence-electron chi connectivity index (χ3n) is 3.12. The minimum atomic E-state index is -4.08. The van der Waals surface area contributed by atoms with Crippen LogP contribution in [0.25, 0.3) is 0 Å².